The van der Waals surface area contributed by atoms with Crippen LogP contribution in [0.25, 0.3) is 21.9 Å². The Hall–Kier alpha value is -3.81. The Labute approximate surface area is 210 Å². The molecule has 0 spiro atoms. The van der Waals surface area contributed by atoms with E-state index in [9.17, 15) is 9.59 Å². The van der Waals surface area contributed by atoms with Gasteiger partial charge in [0.05, 0.1) is 31.2 Å². The maximum atomic E-state index is 13.6. The van der Waals surface area contributed by atoms with E-state index in [-0.39, 0.29) is 24.6 Å². The fourth-order valence-corrected chi connectivity index (χ4v) is 4.51. The molecule has 7 nitrogen and oxygen atoms in total. The molecular weight excluding hydrogens is 487 g/mol. The number of carbonyl (C=O) groups is 1. The van der Waals surface area contributed by atoms with Crippen molar-refractivity contribution in [2.45, 2.75) is 13.1 Å². The average molecular weight is 507 g/mol. The smallest absolute Gasteiger partial charge is 0.278 e. The number of hydrogen-bond donors (Lipinski definition) is 1. The second-order valence-corrected chi connectivity index (χ2v) is 8.81. The molecule has 0 radical (unpaired) electrons. The minimum atomic E-state index is -0.339. The number of rotatable bonds is 6. The average Bonchev–Trinajstić information content (AvgIpc) is 3.16. The summed E-state index contributed by atoms with van der Waals surface area (Å²) in [6, 6.07) is 19.8. The Morgan fingerprint density at radius 1 is 1.06 bits per heavy atom. The molecule has 1 N–H and O–H groups in total. The van der Waals surface area contributed by atoms with Gasteiger partial charge in [0, 0.05) is 15.4 Å². The molecule has 35 heavy (non-hydrogen) atoms. The van der Waals surface area contributed by atoms with Gasteiger partial charge in [0.15, 0.2) is 0 Å². The van der Waals surface area contributed by atoms with Crippen LogP contribution in [0.3, 0.4) is 0 Å². The Bertz CT molecular complexity index is 1640. The van der Waals surface area contributed by atoms with Crippen LogP contribution in [-0.4, -0.2) is 27.1 Å². The van der Waals surface area contributed by atoms with Gasteiger partial charge in [-0.15, -0.1) is 0 Å². The molecule has 0 bridgehead atoms. The molecule has 5 aromatic rings. The number of amides is 1. The van der Waals surface area contributed by atoms with Gasteiger partial charge < -0.3 is 14.6 Å². The Kier molecular flexibility index (Phi) is 6.19. The van der Waals surface area contributed by atoms with Gasteiger partial charge in [-0.05, 0) is 35.9 Å². The Morgan fingerprint density at radius 3 is 2.63 bits per heavy atom. The number of nitrogens with zero attached hydrogens (tertiary/aromatic N) is 3. The van der Waals surface area contributed by atoms with Crippen LogP contribution in [0.2, 0.25) is 10.0 Å². The number of anilines is 1. The van der Waals surface area contributed by atoms with Crippen molar-refractivity contribution in [2.75, 3.05) is 12.4 Å². The number of hydrogen-bond acceptors (Lipinski definition) is 4. The van der Waals surface area contributed by atoms with Crippen molar-refractivity contribution >= 4 is 56.7 Å². The van der Waals surface area contributed by atoms with E-state index in [1.54, 1.807) is 28.8 Å². The molecule has 2 heterocycles. The van der Waals surface area contributed by atoms with Crippen molar-refractivity contribution in [1.82, 2.24) is 14.1 Å². The molecule has 0 saturated carbocycles. The third-order valence-corrected chi connectivity index (χ3v) is 6.37. The summed E-state index contributed by atoms with van der Waals surface area (Å²) in [5.41, 5.74) is 2.59. The molecular formula is C26H20Cl2N4O3. The number of halogens is 2. The Balaban J connectivity index is 1.58. The first-order valence-electron chi connectivity index (χ1n) is 10.8. The summed E-state index contributed by atoms with van der Waals surface area (Å²) in [6.07, 6.45) is 1.52. The molecule has 176 valence electrons. The van der Waals surface area contributed by atoms with E-state index in [1.165, 1.54) is 18.0 Å². The van der Waals surface area contributed by atoms with E-state index in [0.717, 1.165) is 16.5 Å². The summed E-state index contributed by atoms with van der Waals surface area (Å²) in [5.74, 6) is 0.142. The lowest BCUT2D eigenvalue weighted by atomic mass is 10.2. The number of aromatic nitrogens is 3. The Morgan fingerprint density at radius 2 is 1.83 bits per heavy atom. The first-order chi connectivity index (χ1) is 17.0. The zero-order valence-corrected chi connectivity index (χ0v) is 20.2. The van der Waals surface area contributed by atoms with Crippen molar-refractivity contribution in [3.05, 3.63) is 99.0 Å². The largest absolute Gasteiger partial charge is 0.495 e. The van der Waals surface area contributed by atoms with Gasteiger partial charge in [-0.25, -0.2) is 4.98 Å². The molecule has 0 saturated heterocycles. The first-order valence-corrected chi connectivity index (χ1v) is 11.5. The highest BCUT2D eigenvalue weighted by Crippen LogP contribution is 2.29. The van der Waals surface area contributed by atoms with Gasteiger partial charge in [0.1, 0.15) is 23.3 Å². The van der Waals surface area contributed by atoms with Gasteiger partial charge in [-0.3, -0.25) is 14.2 Å². The maximum absolute atomic E-state index is 13.6. The van der Waals surface area contributed by atoms with Crippen molar-refractivity contribution < 1.29 is 9.53 Å². The molecule has 5 rings (SSSR count). The predicted octanol–water partition coefficient (Wildman–Crippen LogP) is 5.35. The molecule has 0 aliphatic carbocycles. The second kappa shape index (κ2) is 9.44. The third kappa shape index (κ3) is 4.36. The highest BCUT2D eigenvalue weighted by molar-refractivity contribution is 6.31. The normalized spacial score (nSPS) is 11.2. The maximum Gasteiger partial charge on any atom is 0.278 e. The minimum absolute atomic E-state index is 0.104. The molecule has 3 aromatic carbocycles. The van der Waals surface area contributed by atoms with E-state index in [4.69, 9.17) is 27.9 Å². The van der Waals surface area contributed by atoms with Crippen LogP contribution in [0, 0.1) is 0 Å². The zero-order valence-electron chi connectivity index (χ0n) is 18.7. The summed E-state index contributed by atoms with van der Waals surface area (Å²) in [7, 11) is 1.51. The van der Waals surface area contributed by atoms with Crippen LogP contribution >= 0.6 is 23.2 Å². The molecule has 0 fully saturated rings. The molecule has 1 amide bonds. The number of carbonyl (C=O) groups excluding carboxylic acids is 1. The van der Waals surface area contributed by atoms with E-state index in [1.807, 2.05) is 42.5 Å². The van der Waals surface area contributed by atoms with Crippen LogP contribution in [-0.2, 0) is 17.9 Å². The van der Waals surface area contributed by atoms with Gasteiger partial charge in [-0.2, -0.15) is 0 Å². The molecule has 9 heteroatoms. The topological polar surface area (TPSA) is 78.2 Å². The van der Waals surface area contributed by atoms with Gasteiger partial charge in [0.2, 0.25) is 5.91 Å². The summed E-state index contributed by atoms with van der Waals surface area (Å²) < 4.78 is 8.51. The number of methoxy groups -OCH3 is 1. The van der Waals surface area contributed by atoms with Gasteiger partial charge in [0.25, 0.3) is 5.56 Å². The van der Waals surface area contributed by atoms with Crippen LogP contribution in [0.4, 0.5) is 5.69 Å². The molecule has 0 aliphatic heterocycles. The van der Waals surface area contributed by atoms with Crippen molar-refractivity contribution in [3.63, 3.8) is 0 Å². The lowest BCUT2D eigenvalue weighted by molar-refractivity contribution is -0.116. The summed E-state index contributed by atoms with van der Waals surface area (Å²) in [6.45, 7) is 0.154. The van der Waals surface area contributed by atoms with Crippen LogP contribution in [0.1, 0.15) is 5.56 Å². The molecule has 0 atom stereocenters. The summed E-state index contributed by atoms with van der Waals surface area (Å²) >= 11 is 12.4. The van der Waals surface area contributed by atoms with Gasteiger partial charge in [-0.1, -0.05) is 59.6 Å². The van der Waals surface area contributed by atoms with E-state index in [2.05, 4.69) is 10.3 Å². The second-order valence-electron chi connectivity index (χ2n) is 7.96. The molecule has 0 aliphatic rings. The number of fused-ring (bicyclic) bond motifs is 3. The fraction of sp³-hybridized carbons (Fsp3) is 0.115. The number of ether oxygens (including phenoxy) is 1. The van der Waals surface area contributed by atoms with Crippen LogP contribution < -0.4 is 15.6 Å². The summed E-state index contributed by atoms with van der Waals surface area (Å²) in [4.78, 5) is 31.3. The SMILES string of the molecule is COc1ccc(Cl)cc1NC(=O)Cn1c2ccccc2c2ncn(Cc3ccccc3Cl)c(=O)c21. The number of nitrogens with one attached hydrogen (secondary N) is 1. The zero-order chi connectivity index (χ0) is 24.5. The van der Waals surface area contributed by atoms with Gasteiger partial charge >= 0.3 is 0 Å². The highest BCUT2D eigenvalue weighted by Gasteiger charge is 2.19. The standard InChI is InChI=1S/C26H20Cl2N4O3/c1-35-22-11-10-17(27)12-20(22)30-23(33)14-32-21-9-5-3-7-18(21)24-25(32)26(34)31(15-29-24)13-16-6-2-4-8-19(16)28/h2-12,15H,13-14H2,1H3,(H,30,33). The summed E-state index contributed by atoms with van der Waals surface area (Å²) in [5, 5.41) is 4.65. The number of para-hydroxylation sites is 1. The quantitative estimate of drug-likeness (QED) is 0.336. The lowest BCUT2D eigenvalue weighted by Gasteiger charge is -2.12. The fourth-order valence-electron chi connectivity index (χ4n) is 4.15. The predicted molar refractivity (Wildman–Crippen MR) is 139 cm³/mol. The molecule has 2 aromatic heterocycles. The monoisotopic (exact) mass is 506 g/mol. The molecule has 0 unspecified atom stereocenters. The van der Waals surface area contributed by atoms with Crippen molar-refractivity contribution in [3.8, 4) is 5.75 Å². The third-order valence-electron chi connectivity index (χ3n) is 5.77. The van der Waals surface area contributed by atoms with E-state index < -0.39 is 0 Å². The van der Waals surface area contributed by atoms with Crippen molar-refractivity contribution in [2.24, 2.45) is 0 Å². The van der Waals surface area contributed by atoms with E-state index in [0.29, 0.717) is 32.5 Å². The van der Waals surface area contributed by atoms with Crippen molar-refractivity contribution in [1.29, 1.82) is 0 Å². The first kappa shape index (κ1) is 23.0. The lowest BCUT2D eigenvalue weighted by Crippen LogP contribution is -2.25. The highest BCUT2D eigenvalue weighted by atomic mass is 35.5. The van der Waals surface area contributed by atoms with E-state index >= 15 is 0 Å². The van der Waals surface area contributed by atoms with Crippen LogP contribution in [0.15, 0.2) is 77.9 Å². The minimum Gasteiger partial charge on any atom is -0.495 e. The van der Waals surface area contributed by atoms with Crippen LogP contribution in [0.5, 0.6) is 5.75 Å². The number of benzene rings is 3.